The van der Waals surface area contributed by atoms with E-state index in [9.17, 15) is 8.42 Å². The molecule has 0 spiro atoms. The number of sulfone groups is 1. The Morgan fingerprint density at radius 2 is 1.72 bits per heavy atom. The lowest BCUT2D eigenvalue weighted by Gasteiger charge is -2.16. The van der Waals surface area contributed by atoms with Gasteiger partial charge in [0.2, 0.25) is 0 Å². The standard InChI is InChI=1S/C15H23O2S/c1-6-9-18(16,17)15-10-13(11(2)3)7-8-14(15)12(4)5/h6-8,10-12H,9H2,1-5H3. The minimum Gasteiger partial charge on any atom is -0.224 e. The molecule has 0 heterocycles. The Balaban J connectivity index is 3.41. The number of hydrogen-bond acceptors (Lipinski definition) is 2. The molecule has 2 nitrogen and oxygen atoms in total. The van der Waals surface area contributed by atoms with E-state index < -0.39 is 9.84 Å². The van der Waals surface area contributed by atoms with Gasteiger partial charge in [-0.15, -0.1) is 0 Å². The van der Waals surface area contributed by atoms with E-state index in [1.165, 1.54) is 0 Å². The summed E-state index contributed by atoms with van der Waals surface area (Å²) >= 11 is 0. The third-order valence-electron chi connectivity index (χ3n) is 3.05. The summed E-state index contributed by atoms with van der Waals surface area (Å²) in [6.07, 6.45) is 1.70. The van der Waals surface area contributed by atoms with Gasteiger partial charge in [-0.05, 0) is 35.4 Å². The second kappa shape index (κ2) is 5.87. The monoisotopic (exact) mass is 267 g/mol. The van der Waals surface area contributed by atoms with Crippen molar-refractivity contribution in [1.82, 2.24) is 0 Å². The van der Waals surface area contributed by atoms with Crippen molar-refractivity contribution in [2.24, 2.45) is 0 Å². The Labute approximate surface area is 111 Å². The van der Waals surface area contributed by atoms with Crippen LogP contribution < -0.4 is 0 Å². The molecule has 101 valence electrons. The van der Waals surface area contributed by atoms with Crippen molar-refractivity contribution in [2.45, 2.75) is 51.3 Å². The van der Waals surface area contributed by atoms with Gasteiger partial charge in [-0.3, -0.25) is 0 Å². The van der Waals surface area contributed by atoms with Crippen molar-refractivity contribution in [3.63, 3.8) is 0 Å². The molecule has 0 aromatic heterocycles. The van der Waals surface area contributed by atoms with Gasteiger partial charge in [0.05, 0.1) is 10.6 Å². The van der Waals surface area contributed by atoms with Crippen LogP contribution in [0.3, 0.4) is 0 Å². The second-order valence-corrected chi connectivity index (χ2v) is 7.30. The molecule has 1 aromatic rings. The highest BCUT2D eigenvalue weighted by Crippen LogP contribution is 2.28. The van der Waals surface area contributed by atoms with Crippen molar-refractivity contribution in [3.8, 4) is 0 Å². The summed E-state index contributed by atoms with van der Waals surface area (Å²) in [5.74, 6) is 0.660. The zero-order valence-corrected chi connectivity index (χ0v) is 12.7. The maximum Gasteiger partial charge on any atom is 0.178 e. The third kappa shape index (κ3) is 3.35. The molecular weight excluding hydrogens is 244 g/mol. The first kappa shape index (κ1) is 15.2. The summed E-state index contributed by atoms with van der Waals surface area (Å²) in [5.41, 5.74) is 2.00. The van der Waals surface area contributed by atoms with Crippen LogP contribution in [0.4, 0.5) is 0 Å². The van der Waals surface area contributed by atoms with Crippen molar-refractivity contribution in [2.75, 3.05) is 5.75 Å². The van der Waals surface area contributed by atoms with E-state index in [2.05, 4.69) is 13.8 Å². The zero-order chi connectivity index (χ0) is 13.9. The Morgan fingerprint density at radius 1 is 1.11 bits per heavy atom. The Bertz CT molecular complexity index is 499. The molecule has 0 fully saturated rings. The fraction of sp³-hybridized carbons (Fsp3) is 0.533. The highest BCUT2D eigenvalue weighted by Gasteiger charge is 2.20. The lowest BCUT2D eigenvalue weighted by molar-refractivity contribution is 0.595. The highest BCUT2D eigenvalue weighted by molar-refractivity contribution is 7.91. The van der Waals surface area contributed by atoms with Crippen LogP contribution >= 0.6 is 0 Å². The molecule has 1 radical (unpaired) electrons. The van der Waals surface area contributed by atoms with Crippen molar-refractivity contribution < 1.29 is 8.42 Å². The Morgan fingerprint density at radius 3 is 2.17 bits per heavy atom. The first-order chi connectivity index (χ1) is 8.29. The summed E-state index contributed by atoms with van der Waals surface area (Å²) in [6.45, 7) is 9.98. The molecule has 3 heteroatoms. The summed E-state index contributed by atoms with van der Waals surface area (Å²) in [5, 5.41) is 0. The molecule has 0 N–H and O–H groups in total. The average molecular weight is 267 g/mol. The SMILES string of the molecule is C[CH]CS(=O)(=O)c1cc(C(C)C)ccc1C(C)C. The summed E-state index contributed by atoms with van der Waals surface area (Å²) in [7, 11) is -3.20. The molecule has 0 aliphatic heterocycles. The molecular formula is C15H23O2S. The largest absolute Gasteiger partial charge is 0.224 e. The highest BCUT2D eigenvalue weighted by atomic mass is 32.2. The van der Waals surface area contributed by atoms with Crippen LogP contribution in [0.25, 0.3) is 0 Å². The van der Waals surface area contributed by atoms with E-state index in [4.69, 9.17) is 0 Å². The van der Waals surface area contributed by atoms with Crippen LogP contribution in [0, 0.1) is 6.42 Å². The van der Waals surface area contributed by atoms with Crippen LogP contribution in [-0.2, 0) is 9.84 Å². The van der Waals surface area contributed by atoms with Crippen molar-refractivity contribution in [3.05, 3.63) is 35.7 Å². The molecule has 0 bridgehead atoms. The number of benzene rings is 1. The molecule has 1 aromatic carbocycles. The van der Waals surface area contributed by atoms with E-state index in [-0.39, 0.29) is 11.7 Å². The number of hydrogen-bond donors (Lipinski definition) is 0. The third-order valence-corrected chi connectivity index (χ3v) is 4.84. The smallest absolute Gasteiger partial charge is 0.178 e. The van der Waals surface area contributed by atoms with Gasteiger partial charge >= 0.3 is 0 Å². The van der Waals surface area contributed by atoms with Crippen molar-refractivity contribution >= 4 is 9.84 Å². The molecule has 0 saturated heterocycles. The topological polar surface area (TPSA) is 34.1 Å². The van der Waals surface area contributed by atoms with Gasteiger partial charge < -0.3 is 0 Å². The lowest BCUT2D eigenvalue weighted by Crippen LogP contribution is -2.11. The van der Waals surface area contributed by atoms with E-state index >= 15 is 0 Å². The van der Waals surface area contributed by atoms with E-state index in [0.29, 0.717) is 10.8 Å². The Hall–Kier alpha value is -0.830. The van der Waals surface area contributed by atoms with Crippen molar-refractivity contribution in [1.29, 1.82) is 0 Å². The predicted molar refractivity (Wildman–Crippen MR) is 76.6 cm³/mol. The van der Waals surface area contributed by atoms with E-state index in [1.54, 1.807) is 13.3 Å². The Kier molecular flexibility index (Phi) is 4.97. The van der Waals surface area contributed by atoms with Gasteiger partial charge in [-0.2, -0.15) is 0 Å². The molecule has 1 rings (SSSR count). The molecule has 0 unspecified atom stereocenters. The first-order valence-electron chi connectivity index (χ1n) is 6.44. The molecule has 0 atom stereocenters. The van der Waals surface area contributed by atoms with Crippen LogP contribution in [0.15, 0.2) is 23.1 Å². The normalized spacial score (nSPS) is 12.4. The summed E-state index contributed by atoms with van der Waals surface area (Å²) in [6, 6.07) is 5.84. The van der Waals surface area contributed by atoms with Gasteiger partial charge in [-0.25, -0.2) is 8.42 Å². The quantitative estimate of drug-likeness (QED) is 0.810. The fourth-order valence-electron chi connectivity index (χ4n) is 1.97. The predicted octanol–water partition coefficient (Wildman–Crippen LogP) is 3.93. The van der Waals surface area contributed by atoms with Gasteiger partial charge in [-0.1, -0.05) is 46.8 Å². The van der Waals surface area contributed by atoms with Gasteiger partial charge in [0.25, 0.3) is 0 Å². The molecule has 18 heavy (non-hydrogen) atoms. The van der Waals surface area contributed by atoms with Crippen LogP contribution in [0.5, 0.6) is 0 Å². The zero-order valence-electron chi connectivity index (χ0n) is 11.9. The van der Waals surface area contributed by atoms with Crippen LogP contribution in [0.1, 0.15) is 57.6 Å². The molecule has 0 amide bonds. The van der Waals surface area contributed by atoms with Gasteiger partial charge in [0.15, 0.2) is 9.84 Å². The second-order valence-electron chi connectivity index (χ2n) is 5.30. The first-order valence-corrected chi connectivity index (χ1v) is 8.09. The van der Waals surface area contributed by atoms with E-state index in [1.807, 2.05) is 32.0 Å². The fourth-order valence-corrected chi connectivity index (χ4v) is 3.56. The van der Waals surface area contributed by atoms with Gasteiger partial charge in [0.1, 0.15) is 0 Å². The number of rotatable bonds is 5. The van der Waals surface area contributed by atoms with Crippen LogP contribution in [-0.4, -0.2) is 14.2 Å². The minimum absolute atomic E-state index is 0.105. The molecule has 0 aliphatic carbocycles. The van der Waals surface area contributed by atoms with E-state index in [0.717, 1.165) is 11.1 Å². The molecule has 0 aliphatic rings. The average Bonchev–Trinajstić information content (AvgIpc) is 2.27. The summed E-state index contributed by atoms with van der Waals surface area (Å²) in [4.78, 5) is 0.502. The summed E-state index contributed by atoms with van der Waals surface area (Å²) < 4.78 is 24.6. The maximum absolute atomic E-state index is 12.3. The van der Waals surface area contributed by atoms with Gasteiger partial charge in [0, 0.05) is 0 Å². The lowest BCUT2D eigenvalue weighted by atomic mass is 9.97. The van der Waals surface area contributed by atoms with Crippen LogP contribution in [0.2, 0.25) is 0 Å². The maximum atomic E-state index is 12.3. The molecule has 0 saturated carbocycles. The minimum atomic E-state index is -3.20.